The first-order chi connectivity index (χ1) is 10.8. The third-order valence-corrected chi connectivity index (χ3v) is 2.81. The Balaban J connectivity index is 2.53. The molecule has 0 unspecified atom stereocenters. The van der Waals surface area contributed by atoms with Gasteiger partial charge in [0.15, 0.2) is 12.7 Å². The molecule has 7 nitrogen and oxygen atoms in total. The molecule has 0 aliphatic heterocycles. The van der Waals surface area contributed by atoms with Crippen molar-refractivity contribution in [3.8, 4) is 5.75 Å². The lowest BCUT2D eigenvalue weighted by molar-refractivity contribution is -0.129. The Morgan fingerprint density at radius 2 is 1.74 bits per heavy atom. The third-order valence-electron chi connectivity index (χ3n) is 2.81. The molecule has 0 aliphatic rings. The van der Waals surface area contributed by atoms with Gasteiger partial charge in [0.25, 0.3) is 11.8 Å². The van der Waals surface area contributed by atoms with Crippen LogP contribution in [0.25, 0.3) is 0 Å². The summed E-state index contributed by atoms with van der Waals surface area (Å²) in [5.41, 5.74) is 5.25. The van der Waals surface area contributed by atoms with Crippen LogP contribution in [-0.4, -0.2) is 37.0 Å². The minimum atomic E-state index is -0.882. The Morgan fingerprint density at radius 3 is 2.26 bits per heavy atom. The first-order valence-electron chi connectivity index (χ1n) is 7.29. The van der Waals surface area contributed by atoms with E-state index in [1.165, 1.54) is 31.2 Å². The molecule has 0 heterocycles. The highest BCUT2D eigenvalue weighted by Crippen LogP contribution is 2.13. The predicted octanol–water partition coefficient (Wildman–Crippen LogP) is 0.868. The van der Waals surface area contributed by atoms with Crippen LogP contribution in [0.4, 0.5) is 0 Å². The highest BCUT2D eigenvalue weighted by atomic mass is 16.5. The molecule has 2 amide bonds. The highest BCUT2D eigenvalue weighted by Gasteiger charge is 2.18. The maximum Gasteiger partial charge on any atom is 0.338 e. The first kappa shape index (κ1) is 18.5. The van der Waals surface area contributed by atoms with Gasteiger partial charge < -0.3 is 20.5 Å². The van der Waals surface area contributed by atoms with Gasteiger partial charge in [-0.25, -0.2) is 4.79 Å². The van der Waals surface area contributed by atoms with Crippen LogP contribution >= 0.6 is 0 Å². The molecule has 0 spiro atoms. The fraction of sp³-hybridized carbons (Fsp3) is 0.438. The second-order valence-corrected chi connectivity index (χ2v) is 5.47. The van der Waals surface area contributed by atoms with E-state index in [1.54, 1.807) is 0 Å². The van der Waals surface area contributed by atoms with Crippen molar-refractivity contribution in [3.63, 3.8) is 0 Å². The molecule has 0 bridgehead atoms. The zero-order valence-electron chi connectivity index (χ0n) is 13.5. The van der Waals surface area contributed by atoms with Crippen molar-refractivity contribution in [3.05, 3.63) is 29.8 Å². The van der Waals surface area contributed by atoms with Crippen LogP contribution in [0.5, 0.6) is 5.75 Å². The van der Waals surface area contributed by atoms with Gasteiger partial charge in [-0.05, 0) is 37.1 Å². The first-order valence-corrected chi connectivity index (χ1v) is 7.29. The maximum atomic E-state index is 12.0. The molecular weight excluding hydrogens is 300 g/mol. The Bertz CT molecular complexity index is 554. The van der Waals surface area contributed by atoms with Crippen LogP contribution < -0.4 is 15.8 Å². The third kappa shape index (κ3) is 6.82. The fourth-order valence-corrected chi connectivity index (χ4v) is 1.57. The number of carbonyl (C=O) groups is 3. The van der Waals surface area contributed by atoms with Crippen LogP contribution in [0.1, 0.15) is 31.1 Å². The number of esters is 1. The van der Waals surface area contributed by atoms with E-state index >= 15 is 0 Å². The van der Waals surface area contributed by atoms with Gasteiger partial charge in [0.05, 0.1) is 5.56 Å². The lowest BCUT2D eigenvalue weighted by Crippen LogP contribution is -2.37. The van der Waals surface area contributed by atoms with Crippen LogP contribution in [0.3, 0.4) is 0 Å². The number of primary amides is 1. The molecule has 0 radical (unpaired) electrons. The van der Waals surface area contributed by atoms with E-state index in [2.05, 4.69) is 5.32 Å². The quantitative estimate of drug-likeness (QED) is 0.690. The number of ether oxygens (including phenoxy) is 2. The molecule has 0 saturated carbocycles. The van der Waals surface area contributed by atoms with Crippen molar-refractivity contribution in [1.29, 1.82) is 0 Å². The van der Waals surface area contributed by atoms with E-state index < -0.39 is 18.0 Å². The van der Waals surface area contributed by atoms with E-state index in [-0.39, 0.29) is 18.1 Å². The Kier molecular flexibility index (Phi) is 7.05. The smallest absolute Gasteiger partial charge is 0.338 e. The summed E-state index contributed by atoms with van der Waals surface area (Å²) in [5.74, 6) is -0.820. The van der Waals surface area contributed by atoms with Crippen molar-refractivity contribution in [2.45, 2.75) is 26.9 Å². The lowest BCUT2D eigenvalue weighted by atomic mass is 10.2. The standard InChI is InChI=1S/C16H22N2O5/c1-10(2)8-18-15(20)11(3)23-16(21)12-4-6-13(7-5-12)22-9-14(17)19/h4-7,10-11H,8-9H2,1-3H3,(H2,17,19)(H,18,20)/t11-/m0/s1. The molecule has 1 aromatic rings. The van der Waals surface area contributed by atoms with Gasteiger partial charge in [-0.2, -0.15) is 0 Å². The zero-order chi connectivity index (χ0) is 17.4. The summed E-state index contributed by atoms with van der Waals surface area (Å²) < 4.78 is 10.2. The summed E-state index contributed by atoms with van der Waals surface area (Å²) in [7, 11) is 0. The number of nitrogens with two attached hydrogens (primary N) is 1. The van der Waals surface area contributed by atoms with Gasteiger partial charge in [0, 0.05) is 6.54 Å². The number of hydrogen-bond donors (Lipinski definition) is 2. The van der Waals surface area contributed by atoms with Crippen molar-refractivity contribution < 1.29 is 23.9 Å². The molecule has 126 valence electrons. The topological polar surface area (TPSA) is 108 Å². The van der Waals surface area contributed by atoms with Gasteiger partial charge >= 0.3 is 5.97 Å². The largest absolute Gasteiger partial charge is 0.484 e. The monoisotopic (exact) mass is 322 g/mol. The second kappa shape index (κ2) is 8.77. The molecule has 0 fully saturated rings. The van der Waals surface area contributed by atoms with Crippen molar-refractivity contribution in [2.24, 2.45) is 11.7 Å². The van der Waals surface area contributed by atoms with Gasteiger partial charge in [-0.3, -0.25) is 9.59 Å². The van der Waals surface area contributed by atoms with Crippen molar-refractivity contribution >= 4 is 17.8 Å². The summed E-state index contributed by atoms with van der Waals surface area (Å²) in [6.07, 6.45) is -0.882. The van der Waals surface area contributed by atoms with E-state index in [4.69, 9.17) is 15.2 Å². The minimum Gasteiger partial charge on any atom is -0.484 e. The number of rotatable bonds is 8. The lowest BCUT2D eigenvalue weighted by Gasteiger charge is -2.14. The van der Waals surface area contributed by atoms with Gasteiger partial charge in [-0.15, -0.1) is 0 Å². The molecule has 3 N–H and O–H groups in total. The van der Waals surface area contributed by atoms with Crippen molar-refractivity contribution in [2.75, 3.05) is 13.2 Å². The number of carbonyl (C=O) groups excluding carboxylic acids is 3. The molecule has 0 saturated heterocycles. The average Bonchev–Trinajstić information content (AvgIpc) is 2.50. The van der Waals surface area contributed by atoms with Crippen molar-refractivity contribution in [1.82, 2.24) is 5.32 Å². The molecule has 1 aromatic carbocycles. The molecule has 0 aromatic heterocycles. The number of hydrogen-bond acceptors (Lipinski definition) is 5. The van der Waals surface area contributed by atoms with Gasteiger partial charge in [0.1, 0.15) is 5.75 Å². The highest BCUT2D eigenvalue weighted by molar-refractivity contribution is 5.92. The van der Waals surface area contributed by atoms with Gasteiger partial charge in [-0.1, -0.05) is 13.8 Å². The number of nitrogens with one attached hydrogen (secondary N) is 1. The molecule has 0 aliphatic carbocycles. The molecule has 1 rings (SSSR count). The Labute approximate surface area is 135 Å². The zero-order valence-corrected chi connectivity index (χ0v) is 13.5. The Hall–Kier alpha value is -2.57. The van der Waals surface area contributed by atoms with Crippen LogP contribution in [0, 0.1) is 5.92 Å². The van der Waals surface area contributed by atoms with Crippen LogP contribution in [-0.2, 0) is 14.3 Å². The summed E-state index contributed by atoms with van der Waals surface area (Å²) >= 11 is 0. The molecule has 1 atom stereocenters. The number of amides is 2. The van der Waals surface area contributed by atoms with Crippen LogP contribution in [0.2, 0.25) is 0 Å². The van der Waals surface area contributed by atoms with E-state index in [0.717, 1.165) is 0 Å². The molecule has 23 heavy (non-hydrogen) atoms. The maximum absolute atomic E-state index is 12.0. The van der Waals surface area contributed by atoms with Crippen LogP contribution in [0.15, 0.2) is 24.3 Å². The number of benzene rings is 1. The van der Waals surface area contributed by atoms with E-state index in [0.29, 0.717) is 18.2 Å². The predicted molar refractivity (Wildman–Crippen MR) is 83.9 cm³/mol. The SMILES string of the molecule is CC(C)CNC(=O)[C@H](C)OC(=O)c1ccc(OCC(N)=O)cc1. The minimum absolute atomic E-state index is 0.239. The Morgan fingerprint density at radius 1 is 1.13 bits per heavy atom. The second-order valence-electron chi connectivity index (χ2n) is 5.47. The molecule has 7 heteroatoms. The fourth-order valence-electron chi connectivity index (χ4n) is 1.57. The summed E-state index contributed by atoms with van der Waals surface area (Å²) in [5, 5.41) is 2.70. The van der Waals surface area contributed by atoms with Gasteiger partial charge in [0.2, 0.25) is 0 Å². The molecular formula is C16H22N2O5. The van der Waals surface area contributed by atoms with E-state index in [1.807, 2.05) is 13.8 Å². The summed E-state index contributed by atoms with van der Waals surface area (Å²) in [6, 6.07) is 6.00. The van der Waals surface area contributed by atoms with E-state index in [9.17, 15) is 14.4 Å². The normalized spacial score (nSPS) is 11.7. The average molecular weight is 322 g/mol. The summed E-state index contributed by atoms with van der Waals surface area (Å²) in [6.45, 7) is 5.74. The summed E-state index contributed by atoms with van der Waals surface area (Å²) in [4.78, 5) is 34.3.